The minimum absolute atomic E-state index is 0.307. The van der Waals surface area contributed by atoms with E-state index in [1.165, 1.54) is 0 Å². The first-order valence-corrected chi connectivity index (χ1v) is 4.86. The number of hydrogen-bond donors (Lipinski definition) is 0. The van der Waals surface area contributed by atoms with Gasteiger partial charge in [-0.05, 0) is 32.8 Å². The minimum atomic E-state index is -0.307. The molecular formula is C10H17BN2. The van der Waals surface area contributed by atoms with Crippen molar-refractivity contribution in [2.45, 2.75) is 46.0 Å². The minimum Gasteiger partial charge on any atom is -0.273 e. The quantitative estimate of drug-likeness (QED) is 0.645. The molecule has 0 aliphatic rings. The molecule has 1 aromatic heterocycles. The summed E-state index contributed by atoms with van der Waals surface area (Å²) in [6.45, 7) is 8.24. The molecule has 0 fully saturated rings. The number of rotatable bonds is 3. The number of nitrogens with zero attached hydrogens (tertiary/aromatic N) is 2. The van der Waals surface area contributed by atoms with E-state index in [2.05, 4.69) is 25.0 Å². The van der Waals surface area contributed by atoms with E-state index in [0.29, 0.717) is 0 Å². The van der Waals surface area contributed by atoms with Gasteiger partial charge in [0.05, 0.1) is 5.69 Å². The molecule has 0 unspecified atom stereocenters. The fourth-order valence-electron chi connectivity index (χ4n) is 1.63. The second-order valence-electron chi connectivity index (χ2n) is 3.65. The monoisotopic (exact) mass is 176 g/mol. The Morgan fingerprint density at radius 1 is 1.38 bits per heavy atom. The van der Waals surface area contributed by atoms with Crippen molar-refractivity contribution in [3.63, 3.8) is 0 Å². The lowest BCUT2D eigenvalue weighted by Gasteiger charge is -2.29. The van der Waals surface area contributed by atoms with Gasteiger partial charge < -0.3 is 0 Å². The Morgan fingerprint density at radius 3 is 2.23 bits per heavy atom. The molecule has 0 amide bonds. The van der Waals surface area contributed by atoms with Crippen LogP contribution in [-0.2, 0) is 5.44 Å². The summed E-state index contributed by atoms with van der Waals surface area (Å²) >= 11 is 0. The molecule has 70 valence electrons. The maximum atomic E-state index is 6.23. The average molecular weight is 176 g/mol. The van der Waals surface area contributed by atoms with Gasteiger partial charge in [0, 0.05) is 11.1 Å². The fourth-order valence-corrected chi connectivity index (χ4v) is 1.63. The lowest BCUT2D eigenvalue weighted by Crippen LogP contribution is -2.34. The van der Waals surface area contributed by atoms with E-state index in [0.717, 1.165) is 24.2 Å². The highest BCUT2D eigenvalue weighted by Gasteiger charge is 2.23. The molecule has 0 N–H and O–H groups in total. The molecule has 1 rings (SSSR count). The normalized spacial score (nSPS) is 12.0. The Hall–Kier alpha value is -0.725. The summed E-state index contributed by atoms with van der Waals surface area (Å²) in [4.78, 5) is 0. The van der Waals surface area contributed by atoms with E-state index in [1.807, 2.05) is 18.5 Å². The average Bonchev–Trinajstić information content (AvgIpc) is 2.44. The van der Waals surface area contributed by atoms with Crippen LogP contribution in [0.15, 0.2) is 6.07 Å². The third kappa shape index (κ3) is 1.79. The molecule has 0 aromatic carbocycles. The maximum Gasteiger partial charge on any atom is 0.107 e. The van der Waals surface area contributed by atoms with Gasteiger partial charge in [0.15, 0.2) is 0 Å². The van der Waals surface area contributed by atoms with Crippen LogP contribution in [0, 0.1) is 13.8 Å². The Bertz CT molecular complexity index is 287. The van der Waals surface area contributed by atoms with Crippen molar-refractivity contribution in [1.82, 2.24) is 9.78 Å². The Morgan fingerprint density at radius 2 is 1.92 bits per heavy atom. The van der Waals surface area contributed by atoms with Crippen LogP contribution in [0.1, 0.15) is 38.1 Å². The van der Waals surface area contributed by atoms with Gasteiger partial charge in [-0.3, -0.25) is 4.68 Å². The molecular weight excluding hydrogens is 159 g/mol. The number of aryl methyl sites for hydroxylation is 2. The van der Waals surface area contributed by atoms with Gasteiger partial charge in [-0.2, -0.15) is 5.10 Å². The number of aromatic nitrogens is 2. The first-order chi connectivity index (χ1) is 6.03. The second-order valence-corrected chi connectivity index (χ2v) is 3.65. The van der Waals surface area contributed by atoms with Crippen LogP contribution in [0.5, 0.6) is 0 Å². The molecule has 0 saturated carbocycles. The Labute approximate surface area is 81.7 Å². The van der Waals surface area contributed by atoms with Crippen LogP contribution in [-0.4, -0.2) is 17.6 Å². The molecule has 1 aromatic rings. The van der Waals surface area contributed by atoms with Gasteiger partial charge in [-0.15, -0.1) is 0 Å². The highest BCUT2D eigenvalue weighted by molar-refractivity contribution is 6.13. The first kappa shape index (κ1) is 10.4. The molecule has 3 heteroatoms. The maximum absolute atomic E-state index is 6.23. The van der Waals surface area contributed by atoms with Crippen molar-refractivity contribution >= 4 is 7.85 Å². The molecule has 0 spiro atoms. The van der Waals surface area contributed by atoms with Gasteiger partial charge >= 0.3 is 0 Å². The van der Waals surface area contributed by atoms with Crippen LogP contribution < -0.4 is 0 Å². The van der Waals surface area contributed by atoms with Gasteiger partial charge in [0.25, 0.3) is 0 Å². The largest absolute Gasteiger partial charge is 0.273 e. The molecule has 13 heavy (non-hydrogen) atoms. The highest BCUT2D eigenvalue weighted by atomic mass is 15.3. The van der Waals surface area contributed by atoms with Crippen molar-refractivity contribution in [1.29, 1.82) is 0 Å². The van der Waals surface area contributed by atoms with E-state index in [-0.39, 0.29) is 5.44 Å². The zero-order valence-corrected chi connectivity index (χ0v) is 8.96. The molecule has 1 heterocycles. The summed E-state index contributed by atoms with van der Waals surface area (Å²) in [6.07, 6.45) is 1.82. The highest BCUT2D eigenvalue weighted by Crippen LogP contribution is 2.22. The molecule has 0 bridgehead atoms. The van der Waals surface area contributed by atoms with Crippen LogP contribution in [0.25, 0.3) is 0 Å². The number of hydrogen-bond acceptors (Lipinski definition) is 1. The van der Waals surface area contributed by atoms with Gasteiger partial charge in [0.1, 0.15) is 7.85 Å². The van der Waals surface area contributed by atoms with E-state index in [4.69, 9.17) is 7.85 Å². The molecule has 2 nitrogen and oxygen atoms in total. The zero-order valence-electron chi connectivity index (χ0n) is 8.96. The van der Waals surface area contributed by atoms with Crippen LogP contribution in [0.2, 0.25) is 0 Å². The van der Waals surface area contributed by atoms with Crippen molar-refractivity contribution in [2.24, 2.45) is 0 Å². The zero-order chi connectivity index (χ0) is 10.1. The summed E-state index contributed by atoms with van der Waals surface area (Å²) in [5, 5.41) is 4.42. The first-order valence-electron chi connectivity index (χ1n) is 4.86. The van der Waals surface area contributed by atoms with E-state index < -0.39 is 0 Å². The molecule has 0 atom stereocenters. The topological polar surface area (TPSA) is 17.8 Å². The molecule has 0 aliphatic heterocycles. The Balaban J connectivity index is 3.11. The fraction of sp³-hybridized carbons (Fsp3) is 0.700. The molecule has 0 saturated heterocycles. The van der Waals surface area contributed by atoms with Crippen molar-refractivity contribution in [3.05, 3.63) is 17.5 Å². The van der Waals surface area contributed by atoms with E-state index >= 15 is 0 Å². The summed E-state index contributed by atoms with van der Waals surface area (Å²) in [5.74, 6) is 0. The van der Waals surface area contributed by atoms with Gasteiger partial charge in [0.2, 0.25) is 0 Å². The predicted octanol–water partition coefficient (Wildman–Crippen LogP) is 2.14. The summed E-state index contributed by atoms with van der Waals surface area (Å²) in [6, 6.07) is 2.06. The van der Waals surface area contributed by atoms with Crippen molar-refractivity contribution < 1.29 is 0 Å². The third-order valence-corrected chi connectivity index (χ3v) is 2.66. The predicted molar refractivity (Wildman–Crippen MR) is 56.0 cm³/mol. The van der Waals surface area contributed by atoms with Crippen molar-refractivity contribution in [2.75, 3.05) is 0 Å². The Kier molecular flexibility index (Phi) is 2.84. The standard InChI is InChI=1S/C10H17BN2/c1-5-10(11,6-2)13-9(4)7-8(3)12-13/h7H,5-6H2,1-4H3. The van der Waals surface area contributed by atoms with Gasteiger partial charge in [-0.25, -0.2) is 0 Å². The lowest BCUT2D eigenvalue weighted by atomic mass is 9.73. The van der Waals surface area contributed by atoms with E-state index in [1.54, 1.807) is 0 Å². The van der Waals surface area contributed by atoms with Crippen molar-refractivity contribution in [3.8, 4) is 0 Å². The SMILES string of the molecule is [B]C(CC)(CC)n1nc(C)cc1C. The molecule has 0 aliphatic carbocycles. The summed E-state index contributed by atoms with van der Waals surface area (Å²) in [7, 11) is 6.23. The second kappa shape index (κ2) is 3.56. The summed E-state index contributed by atoms with van der Waals surface area (Å²) in [5.41, 5.74) is 1.87. The lowest BCUT2D eigenvalue weighted by molar-refractivity contribution is 0.355. The summed E-state index contributed by atoms with van der Waals surface area (Å²) < 4.78 is 1.95. The van der Waals surface area contributed by atoms with Crippen LogP contribution in [0.4, 0.5) is 0 Å². The third-order valence-electron chi connectivity index (χ3n) is 2.66. The van der Waals surface area contributed by atoms with Gasteiger partial charge in [-0.1, -0.05) is 13.8 Å². The van der Waals surface area contributed by atoms with Crippen LogP contribution in [0.3, 0.4) is 0 Å². The smallest absolute Gasteiger partial charge is 0.107 e. The van der Waals surface area contributed by atoms with Crippen LogP contribution >= 0.6 is 0 Å². The van der Waals surface area contributed by atoms with E-state index in [9.17, 15) is 0 Å². The molecule has 2 radical (unpaired) electrons.